The van der Waals surface area contributed by atoms with Gasteiger partial charge in [0.2, 0.25) is 0 Å². The van der Waals surface area contributed by atoms with E-state index in [-0.39, 0.29) is 16.2 Å². The summed E-state index contributed by atoms with van der Waals surface area (Å²) in [6.45, 7) is 0. The third-order valence-electron chi connectivity index (χ3n) is 4.37. The summed E-state index contributed by atoms with van der Waals surface area (Å²) < 4.78 is 31.3. The Balaban J connectivity index is 1.66. The van der Waals surface area contributed by atoms with Crippen LogP contribution < -0.4 is 4.18 Å². The normalized spacial score (nSPS) is 14.9. The molecule has 0 unspecified atom stereocenters. The lowest BCUT2D eigenvalue weighted by Gasteiger charge is -2.12. The summed E-state index contributed by atoms with van der Waals surface area (Å²) in [5.74, 6) is -0.519. The molecule has 10 heteroatoms. The summed E-state index contributed by atoms with van der Waals surface area (Å²) in [5, 5.41) is 4.29. The third-order valence-corrected chi connectivity index (χ3v) is 7.03. The Hall–Kier alpha value is -2.46. The highest BCUT2D eigenvalue weighted by Crippen LogP contribution is 2.37. The second kappa shape index (κ2) is 9.19. The zero-order valence-corrected chi connectivity index (χ0v) is 20.7. The second-order valence-electron chi connectivity index (χ2n) is 6.55. The fraction of sp³-hybridized carbons (Fsp3) is 0. The number of halogens is 3. The molecule has 0 spiro atoms. The van der Waals surface area contributed by atoms with E-state index >= 15 is 0 Å². The van der Waals surface area contributed by atoms with Gasteiger partial charge in [-0.15, -0.1) is 0 Å². The molecular weight excluding hydrogens is 586 g/mol. The number of oxime groups is 1. The first-order chi connectivity index (χ1) is 15.2. The van der Waals surface area contributed by atoms with E-state index in [4.69, 9.17) is 20.6 Å². The van der Waals surface area contributed by atoms with E-state index in [1.165, 1.54) is 24.3 Å². The molecule has 0 saturated heterocycles. The van der Waals surface area contributed by atoms with Crippen molar-refractivity contribution in [1.29, 1.82) is 0 Å². The number of benzene rings is 3. The smallest absolute Gasteiger partial charge is 0.368 e. The first-order valence-electron chi connectivity index (χ1n) is 9.00. The van der Waals surface area contributed by atoms with Gasteiger partial charge in [0.1, 0.15) is 10.6 Å². The van der Waals surface area contributed by atoms with Gasteiger partial charge < -0.3 is 9.02 Å². The van der Waals surface area contributed by atoms with Crippen LogP contribution in [0.5, 0.6) is 5.75 Å². The second-order valence-corrected chi connectivity index (χ2v) is 10.2. The Morgan fingerprint density at radius 3 is 2.22 bits per heavy atom. The van der Waals surface area contributed by atoms with E-state index in [0.29, 0.717) is 25.2 Å². The van der Waals surface area contributed by atoms with Crippen LogP contribution in [0.1, 0.15) is 11.1 Å². The molecule has 1 aliphatic rings. The van der Waals surface area contributed by atoms with Crippen molar-refractivity contribution in [3.05, 3.63) is 97.4 Å². The van der Waals surface area contributed by atoms with Crippen molar-refractivity contribution in [3.63, 3.8) is 0 Å². The highest BCUT2D eigenvalue weighted by molar-refractivity contribution is 9.11. The Morgan fingerprint density at radius 1 is 0.969 bits per heavy atom. The zero-order chi connectivity index (χ0) is 22.9. The minimum absolute atomic E-state index is 0.0377. The van der Waals surface area contributed by atoms with E-state index in [1.807, 2.05) is 30.3 Å². The summed E-state index contributed by atoms with van der Waals surface area (Å²) in [6.07, 6.45) is 1.61. The first-order valence-corrected chi connectivity index (χ1v) is 12.4. The van der Waals surface area contributed by atoms with E-state index in [1.54, 1.807) is 18.2 Å². The molecule has 0 amide bonds. The Kier molecular flexibility index (Phi) is 6.52. The molecule has 0 atom stereocenters. The summed E-state index contributed by atoms with van der Waals surface area (Å²) >= 11 is 12.5. The number of nitrogens with zero attached hydrogens (tertiary/aromatic N) is 1. The predicted molar refractivity (Wildman–Crippen MR) is 128 cm³/mol. The minimum atomic E-state index is -4.09. The highest BCUT2D eigenvalue weighted by atomic mass is 79.9. The van der Waals surface area contributed by atoms with Crippen molar-refractivity contribution in [3.8, 4) is 5.75 Å². The zero-order valence-electron chi connectivity index (χ0n) is 16.0. The molecule has 3 aromatic carbocycles. The molecule has 1 aliphatic heterocycles. The molecule has 1 heterocycles. The lowest BCUT2D eigenvalue weighted by Crippen LogP contribution is -2.10. The lowest BCUT2D eigenvalue weighted by molar-refractivity contribution is -0.136. The number of hydrogen-bond donors (Lipinski definition) is 0. The summed E-state index contributed by atoms with van der Waals surface area (Å²) in [5.41, 5.74) is 2.01. The average Bonchev–Trinajstić information content (AvgIpc) is 3.12. The molecule has 0 fully saturated rings. The minimum Gasteiger partial charge on any atom is -0.377 e. The van der Waals surface area contributed by atoms with Gasteiger partial charge in [0, 0.05) is 10.6 Å². The lowest BCUT2D eigenvalue weighted by atomic mass is 10.0. The topological polar surface area (TPSA) is 82.0 Å². The molecule has 0 radical (unpaired) electrons. The van der Waals surface area contributed by atoms with Crippen molar-refractivity contribution in [1.82, 2.24) is 0 Å². The quantitative estimate of drug-likeness (QED) is 0.206. The van der Waals surface area contributed by atoms with Gasteiger partial charge in [0.05, 0.1) is 14.5 Å². The average molecular weight is 598 g/mol. The largest absolute Gasteiger partial charge is 0.377 e. The van der Waals surface area contributed by atoms with Gasteiger partial charge in [-0.25, -0.2) is 4.79 Å². The molecular formula is C22H12Br2ClNO5S. The molecule has 4 rings (SSSR count). The Labute approximate surface area is 205 Å². The number of carbonyl (C=O) groups is 1. The monoisotopic (exact) mass is 595 g/mol. The van der Waals surface area contributed by atoms with E-state index in [0.717, 1.165) is 5.56 Å². The molecule has 32 heavy (non-hydrogen) atoms. The fourth-order valence-corrected chi connectivity index (χ4v) is 5.57. The summed E-state index contributed by atoms with van der Waals surface area (Å²) in [7, 11) is -4.09. The summed E-state index contributed by atoms with van der Waals surface area (Å²) in [4.78, 5) is 17.0. The Bertz CT molecular complexity index is 1350. The highest BCUT2D eigenvalue weighted by Gasteiger charge is 2.27. The van der Waals surface area contributed by atoms with Gasteiger partial charge in [-0.3, -0.25) is 0 Å². The molecule has 0 bridgehead atoms. The number of hydrogen-bond acceptors (Lipinski definition) is 6. The van der Waals surface area contributed by atoms with Crippen molar-refractivity contribution < 1.29 is 22.2 Å². The van der Waals surface area contributed by atoms with Gasteiger partial charge in [-0.05, 0) is 79.9 Å². The maximum Gasteiger partial charge on any atom is 0.368 e. The molecule has 0 aromatic heterocycles. The van der Waals surface area contributed by atoms with Crippen LogP contribution in [0.2, 0.25) is 5.02 Å². The molecule has 0 aliphatic carbocycles. The van der Waals surface area contributed by atoms with Crippen LogP contribution >= 0.6 is 43.5 Å². The van der Waals surface area contributed by atoms with Crippen LogP contribution in [0.25, 0.3) is 6.08 Å². The molecule has 162 valence electrons. The number of carbonyl (C=O) groups excluding carboxylic acids is 1. The van der Waals surface area contributed by atoms with Crippen molar-refractivity contribution >= 4 is 71.3 Å². The fourth-order valence-electron chi connectivity index (χ4n) is 2.88. The Morgan fingerprint density at radius 2 is 1.59 bits per heavy atom. The molecule has 0 saturated carbocycles. The summed E-state index contributed by atoms with van der Waals surface area (Å²) in [6, 6.07) is 18.0. The SMILES string of the molecule is O=C1ON=C(c2ccccc2)/C1=C/c1cc(Br)c(OS(=O)(=O)c2ccc(Cl)cc2)c(Br)c1. The van der Waals surface area contributed by atoms with Crippen molar-refractivity contribution in [2.75, 3.05) is 0 Å². The van der Waals surface area contributed by atoms with E-state index in [2.05, 4.69) is 37.0 Å². The van der Waals surface area contributed by atoms with Gasteiger partial charge in [0.25, 0.3) is 0 Å². The van der Waals surface area contributed by atoms with Crippen LogP contribution in [-0.2, 0) is 19.8 Å². The maximum atomic E-state index is 12.6. The molecule has 0 N–H and O–H groups in total. The van der Waals surface area contributed by atoms with Gasteiger partial charge in [0.15, 0.2) is 5.75 Å². The molecule has 3 aromatic rings. The maximum absolute atomic E-state index is 12.6. The standard InChI is InChI=1S/C22H12Br2ClNO5S/c23-18-11-13(10-17-20(26-30-22(17)27)14-4-2-1-3-5-14)12-19(24)21(18)31-32(28,29)16-8-6-15(25)7-9-16/h1-12H/b17-10-. The van der Waals surface area contributed by atoms with Crippen LogP contribution in [0.4, 0.5) is 0 Å². The predicted octanol–water partition coefficient (Wildman–Crippen LogP) is 5.98. The van der Waals surface area contributed by atoms with E-state index < -0.39 is 16.1 Å². The van der Waals surface area contributed by atoms with Crippen LogP contribution in [-0.4, -0.2) is 20.1 Å². The third kappa shape index (κ3) is 4.80. The molecule has 6 nitrogen and oxygen atoms in total. The van der Waals surface area contributed by atoms with Crippen LogP contribution in [0, 0.1) is 0 Å². The first kappa shape index (κ1) is 22.7. The van der Waals surface area contributed by atoms with Gasteiger partial charge >= 0.3 is 16.1 Å². The van der Waals surface area contributed by atoms with Gasteiger partial charge in [-0.2, -0.15) is 8.42 Å². The van der Waals surface area contributed by atoms with E-state index in [9.17, 15) is 13.2 Å². The van der Waals surface area contributed by atoms with Crippen molar-refractivity contribution in [2.24, 2.45) is 5.16 Å². The van der Waals surface area contributed by atoms with Crippen LogP contribution in [0.15, 0.2) is 91.3 Å². The van der Waals surface area contributed by atoms with Crippen LogP contribution in [0.3, 0.4) is 0 Å². The number of rotatable bonds is 5. The van der Waals surface area contributed by atoms with Gasteiger partial charge in [-0.1, -0.05) is 47.1 Å². The van der Waals surface area contributed by atoms with Crippen molar-refractivity contribution in [2.45, 2.75) is 4.90 Å².